The van der Waals surface area contributed by atoms with Crippen LogP contribution in [-0.4, -0.2) is 12.7 Å². The Morgan fingerprint density at radius 3 is 2.00 bits per heavy atom. The van der Waals surface area contributed by atoms with E-state index in [1.54, 1.807) is 0 Å². The Hall–Kier alpha value is -0.0400. The van der Waals surface area contributed by atoms with Gasteiger partial charge in [0.15, 0.2) is 0 Å². The first kappa shape index (κ1) is 7.07. The Kier molecular flexibility index (Phi) is 1.55. The third kappa shape index (κ3) is 1.11. The summed E-state index contributed by atoms with van der Waals surface area (Å²) in [4.78, 5) is 0. The van der Waals surface area contributed by atoms with Crippen LogP contribution in [0.1, 0.15) is 27.7 Å². The highest BCUT2D eigenvalue weighted by molar-refractivity contribution is 4.84. The van der Waals surface area contributed by atoms with Gasteiger partial charge in [0.25, 0.3) is 0 Å². The highest BCUT2D eigenvalue weighted by Gasteiger charge is 2.37. The predicted molar refractivity (Wildman–Crippen MR) is 38.4 cm³/mol. The SMILES string of the molecule is CC1[C@H](C)OCC1(C)C. The Bertz CT molecular complexity index is 107. The summed E-state index contributed by atoms with van der Waals surface area (Å²) in [5.74, 6) is 0.706. The van der Waals surface area contributed by atoms with Crippen LogP contribution in [0.2, 0.25) is 0 Å². The number of hydrogen-bond donors (Lipinski definition) is 0. The zero-order valence-electron chi connectivity index (χ0n) is 6.77. The molecule has 0 bridgehead atoms. The van der Waals surface area contributed by atoms with E-state index in [4.69, 9.17) is 4.74 Å². The van der Waals surface area contributed by atoms with Crippen molar-refractivity contribution in [2.24, 2.45) is 11.3 Å². The summed E-state index contributed by atoms with van der Waals surface area (Å²) < 4.78 is 5.48. The minimum atomic E-state index is 0.402. The first-order valence-corrected chi connectivity index (χ1v) is 3.65. The van der Waals surface area contributed by atoms with E-state index in [2.05, 4.69) is 27.7 Å². The van der Waals surface area contributed by atoms with Gasteiger partial charge in [-0.15, -0.1) is 0 Å². The van der Waals surface area contributed by atoms with Crippen LogP contribution in [0.3, 0.4) is 0 Å². The van der Waals surface area contributed by atoms with Crippen LogP contribution in [0.4, 0.5) is 0 Å². The largest absolute Gasteiger partial charge is 0.378 e. The van der Waals surface area contributed by atoms with Crippen LogP contribution in [0.5, 0.6) is 0 Å². The predicted octanol–water partition coefficient (Wildman–Crippen LogP) is 2.07. The lowest BCUT2D eigenvalue weighted by molar-refractivity contribution is 0.105. The lowest BCUT2D eigenvalue weighted by atomic mass is 9.81. The molecule has 0 aliphatic carbocycles. The van der Waals surface area contributed by atoms with E-state index in [0.29, 0.717) is 17.4 Å². The molecule has 54 valence electrons. The van der Waals surface area contributed by atoms with E-state index in [1.807, 2.05) is 0 Å². The van der Waals surface area contributed by atoms with Crippen LogP contribution < -0.4 is 0 Å². The summed E-state index contributed by atoms with van der Waals surface area (Å²) in [6.07, 6.45) is 0.458. The lowest BCUT2D eigenvalue weighted by Gasteiger charge is -2.21. The molecule has 1 fully saturated rings. The first-order chi connectivity index (χ1) is 4.04. The Labute approximate surface area is 57.4 Å². The summed E-state index contributed by atoms with van der Waals surface area (Å²) in [5, 5.41) is 0. The van der Waals surface area contributed by atoms with Crippen molar-refractivity contribution in [3.63, 3.8) is 0 Å². The van der Waals surface area contributed by atoms with Crippen LogP contribution >= 0.6 is 0 Å². The topological polar surface area (TPSA) is 9.23 Å². The highest BCUT2D eigenvalue weighted by Crippen LogP contribution is 2.36. The molecule has 1 aliphatic heterocycles. The number of rotatable bonds is 0. The summed E-state index contributed by atoms with van der Waals surface area (Å²) >= 11 is 0. The molecule has 0 spiro atoms. The molecule has 0 saturated carbocycles. The van der Waals surface area contributed by atoms with Crippen molar-refractivity contribution in [3.05, 3.63) is 0 Å². The molecule has 0 aromatic carbocycles. The summed E-state index contributed by atoms with van der Waals surface area (Å²) in [5.41, 5.74) is 0.402. The van der Waals surface area contributed by atoms with E-state index >= 15 is 0 Å². The molecular formula is C8H16O. The molecule has 1 saturated heterocycles. The van der Waals surface area contributed by atoms with Gasteiger partial charge in [-0.1, -0.05) is 20.8 Å². The molecule has 0 aromatic rings. The minimum Gasteiger partial charge on any atom is -0.378 e. The zero-order valence-corrected chi connectivity index (χ0v) is 6.77. The lowest BCUT2D eigenvalue weighted by Crippen LogP contribution is -2.21. The third-order valence-electron chi connectivity index (χ3n) is 2.66. The number of hydrogen-bond acceptors (Lipinski definition) is 1. The quantitative estimate of drug-likeness (QED) is 0.485. The van der Waals surface area contributed by atoms with Gasteiger partial charge < -0.3 is 4.74 Å². The molecule has 0 aromatic heterocycles. The fourth-order valence-corrected chi connectivity index (χ4v) is 1.26. The van der Waals surface area contributed by atoms with E-state index in [-0.39, 0.29) is 0 Å². The molecule has 9 heavy (non-hydrogen) atoms. The van der Waals surface area contributed by atoms with Crippen molar-refractivity contribution in [1.82, 2.24) is 0 Å². The average molecular weight is 128 g/mol. The van der Waals surface area contributed by atoms with Gasteiger partial charge >= 0.3 is 0 Å². The maximum Gasteiger partial charge on any atom is 0.0578 e. The fourth-order valence-electron chi connectivity index (χ4n) is 1.26. The van der Waals surface area contributed by atoms with Crippen molar-refractivity contribution in [2.75, 3.05) is 6.61 Å². The Morgan fingerprint density at radius 2 is 1.89 bits per heavy atom. The van der Waals surface area contributed by atoms with Crippen LogP contribution in [0.15, 0.2) is 0 Å². The van der Waals surface area contributed by atoms with Crippen LogP contribution in [-0.2, 0) is 4.74 Å². The van der Waals surface area contributed by atoms with Gasteiger partial charge in [0.1, 0.15) is 0 Å². The second-order valence-electron chi connectivity index (χ2n) is 3.79. The normalized spacial score (nSPS) is 41.3. The fraction of sp³-hybridized carbons (Fsp3) is 1.00. The molecule has 1 heterocycles. The molecule has 0 N–H and O–H groups in total. The Balaban J connectivity index is 2.62. The van der Waals surface area contributed by atoms with Crippen LogP contribution in [0.25, 0.3) is 0 Å². The molecule has 0 amide bonds. The van der Waals surface area contributed by atoms with Crippen molar-refractivity contribution in [2.45, 2.75) is 33.8 Å². The smallest absolute Gasteiger partial charge is 0.0578 e. The average Bonchev–Trinajstić information content (AvgIpc) is 1.97. The molecule has 1 rings (SSSR count). The molecule has 0 radical (unpaired) electrons. The van der Waals surface area contributed by atoms with Crippen molar-refractivity contribution in [3.8, 4) is 0 Å². The summed E-state index contributed by atoms with van der Waals surface area (Å²) in [6, 6.07) is 0. The molecular weight excluding hydrogens is 112 g/mol. The monoisotopic (exact) mass is 128 g/mol. The van der Waals surface area contributed by atoms with Gasteiger partial charge in [0.05, 0.1) is 12.7 Å². The van der Waals surface area contributed by atoms with Gasteiger partial charge in [-0.3, -0.25) is 0 Å². The highest BCUT2D eigenvalue weighted by atomic mass is 16.5. The Morgan fingerprint density at radius 1 is 1.33 bits per heavy atom. The van der Waals surface area contributed by atoms with E-state index in [1.165, 1.54) is 0 Å². The van der Waals surface area contributed by atoms with E-state index in [0.717, 1.165) is 6.61 Å². The van der Waals surface area contributed by atoms with Gasteiger partial charge in [-0.25, -0.2) is 0 Å². The molecule has 1 aliphatic rings. The van der Waals surface area contributed by atoms with Gasteiger partial charge in [0, 0.05) is 0 Å². The maximum absolute atomic E-state index is 5.48. The summed E-state index contributed by atoms with van der Waals surface area (Å²) in [6.45, 7) is 9.87. The van der Waals surface area contributed by atoms with Crippen molar-refractivity contribution < 1.29 is 4.74 Å². The van der Waals surface area contributed by atoms with Crippen molar-refractivity contribution in [1.29, 1.82) is 0 Å². The van der Waals surface area contributed by atoms with Gasteiger partial charge in [-0.05, 0) is 18.3 Å². The first-order valence-electron chi connectivity index (χ1n) is 3.65. The van der Waals surface area contributed by atoms with Gasteiger partial charge in [0.2, 0.25) is 0 Å². The molecule has 2 atom stereocenters. The van der Waals surface area contributed by atoms with E-state index < -0.39 is 0 Å². The molecule has 1 unspecified atom stereocenters. The molecule has 1 nitrogen and oxygen atoms in total. The molecule has 1 heteroatoms. The third-order valence-corrected chi connectivity index (χ3v) is 2.66. The van der Waals surface area contributed by atoms with Crippen LogP contribution in [0, 0.1) is 11.3 Å². The van der Waals surface area contributed by atoms with E-state index in [9.17, 15) is 0 Å². The van der Waals surface area contributed by atoms with Crippen molar-refractivity contribution >= 4 is 0 Å². The zero-order chi connectivity index (χ0) is 7.07. The standard InChI is InChI=1S/C8H16O/c1-6-7(2)9-5-8(6,3)4/h6-7H,5H2,1-4H3/t6?,7-/m0/s1. The second-order valence-corrected chi connectivity index (χ2v) is 3.79. The second kappa shape index (κ2) is 1.98. The van der Waals surface area contributed by atoms with Gasteiger partial charge in [-0.2, -0.15) is 0 Å². The minimum absolute atomic E-state index is 0.402. The maximum atomic E-state index is 5.48. The number of ether oxygens (including phenoxy) is 1. The summed E-state index contributed by atoms with van der Waals surface area (Å²) in [7, 11) is 0.